The van der Waals surface area contributed by atoms with Crippen molar-refractivity contribution in [2.45, 2.75) is 39.7 Å². The molecule has 0 bridgehead atoms. The van der Waals surface area contributed by atoms with Crippen molar-refractivity contribution in [3.8, 4) is 5.75 Å². The van der Waals surface area contributed by atoms with Gasteiger partial charge in [-0.25, -0.2) is 4.79 Å². The van der Waals surface area contributed by atoms with E-state index in [9.17, 15) is 9.59 Å². The molecule has 1 atom stereocenters. The first-order valence-corrected chi connectivity index (χ1v) is 6.66. The number of carbonyl (C=O) groups excluding carboxylic acids is 1. The first kappa shape index (κ1) is 16.0. The molecule has 0 fully saturated rings. The highest BCUT2D eigenvalue weighted by Gasteiger charge is 2.17. The molecule has 2 N–H and O–H groups in total. The van der Waals surface area contributed by atoms with Gasteiger partial charge in [0.25, 0.3) is 0 Å². The molecule has 1 aromatic carbocycles. The van der Waals surface area contributed by atoms with Gasteiger partial charge < -0.3 is 15.2 Å². The van der Waals surface area contributed by atoms with E-state index in [-0.39, 0.29) is 18.9 Å². The number of hydrogen-bond donors (Lipinski definition) is 2. The molecule has 1 rings (SSSR count). The Hall–Kier alpha value is -2.04. The lowest BCUT2D eigenvalue weighted by Crippen LogP contribution is -2.40. The zero-order valence-corrected chi connectivity index (χ0v) is 12.1. The maximum Gasteiger partial charge on any atom is 0.326 e. The van der Waals surface area contributed by atoms with Gasteiger partial charge in [-0.05, 0) is 31.4 Å². The van der Waals surface area contributed by atoms with Crippen molar-refractivity contribution >= 4 is 11.9 Å². The fourth-order valence-corrected chi connectivity index (χ4v) is 1.88. The third-order valence-corrected chi connectivity index (χ3v) is 3.03. The zero-order chi connectivity index (χ0) is 15.1. The van der Waals surface area contributed by atoms with Gasteiger partial charge in [0.2, 0.25) is 5.91 Å². The van der Waals surface area contributed by atoms with Crippen molar-refractivity contribution in [1.82, 2.24) is 5.32 Å². The van der Waals surface area contributed by atoms with Crippen molar-refractivity contribution in [2.75, 3.05) is 6.61 Å². The van der Waals surface area contributed by atoms with Gasteiger partial charge in [-0.2, -0.15) is 0 Å². The Morgan fingerprint density at radius 3 is 2.40 bits per heavy atom. The van der Waals surface area contributed by atoms with Gasteiger partial charge in [-0.3, -0.25) is 4.79 Å². The maximum absolute atomic E-state index is 11.6. The van der Waals surface area contributed by atoms with Gasteiger partial charge in [0.1, 0.15) is 11.8 Å². The monoisotopic (exact) mass is 279 g/mol. The number of rotatable bonds is 7. The smallest absolute Gasteiger partial charge is 0.326 e. The Balaban J connectivity index is 2.44. The average molecular weight is 279 g/mol. The van der Waals surface area contributed by atoms with Crippen LogP contribution in [-0.2, 0) is 9.59 Å². The second-order valence-electron chi connectivity index (χ2n) is 4.69. The van der Waals surface area contributed by atoms with Crippen molar-refractivity contribution < 1.29 is 19.4 Å². The van der Waals surface area contributed by atoms with E-state index in [0.29, 0.717) is 6.42 Å². The minimum atomic E-state index is -1.02. The summed E-state index contributed by atoms with van der Waals surface area (Å²) in [5.41, 5.74) is 2.03. The van der Waals surface area contributed by atoms with Crippen LogP contribution in [0.4, 0.5) is 0 Å². The van der Waals surface area contributed by atoms with Crippen LogP contribution in [0.3, 0.4) is 0 Å². The van der Waals surface area contributed by atoms with Gasteiger partial charge in [-0.15, -0.1) is 0 Å². The summed E-state index contributed by atoms with van der Waals surface area (Å²) in [7, 11) is 0. The number of aryl methyl sites for hydroxylation is 2. The molecule has 0 aliphatic carbocycles. The summed E-state index contributed by atoms with van der Waals surface area (Å²) in [5.74, 6) is -0.549. The second-order valence-corrected chi connectivity index (χ2v) is 4.69. The summed E-state index contributed by atoms with van der Waals surface area (Å²) in [6.45, 7) is 5.83. The minimum Gasteiger partial charge on any atom is -0.493 e. The number of carboxylic acids is 1. The SMILES string of the molecule is CCC(NC(=O)CCOc1c(C)cccc1C)C(=O)O. The summed E-state index contributed by atoms with van der Waals surface area (Å²) in [6.07, 6.45) is 0.496. The largest absolute Gasteiger partial charge is 0.493 e. The summed E-state index contributed by atoms with van der Waals surface area (Å²) in [6, 6.07) is 5.01. The number of amides is 1. The van der Waals surface area contributed by atoms with E-state index < -0.39 is 12.0 Å². The van der Waals surface area contributed by atoms with Crippen LogP contribution < -0.4 is 10.1 Å². The van der Waals surface area contributed by atoms with E-state index in [1.165, 1.54) is 0 Å². The molecule has 1 unspecified atom stereocenters. The van der Waals surface area contributed by atoms with Crippen LogP contribution >= 0.6 is 0 Å². The first-order chi connectivity index (χ1) is 9.45. The summed E-state index contributed by atoms with van der Waals surface area (Å²) in [4.78, 5) is 22.4. The molecule has 1 amide bonds. The van der Waals surface area contributed by atoms with E-state index in [2.05, 4.69) is 5.32 Å². The predicted octanol–water partition coefficient (Wildman–Crippen LogP) is 2.05. The van der Waals surface area contributed by atoms with Gasteiger partial charge in [0, 0.05) is 0 Å². The normalized spacial score (nSPS) is 11.8. The van der Waals surface area contributed by atoms with Gasteiger partial charge >= 0.3 is 5.97 Å². The maximum atomic E-state index is 11.6. The number of para-hydroxylation sites is 1. The highest BCUT2D eigenvalue weighted by atomic mass is 16.5. The average Bonchev–Trinajstić information content (AvgIpc) is 2.39. The summed E-state index contributed by atoms with van der Waals surface area (Å²) >= 11 is 0. The highest BCUT2D eigenvalue weighted by Crippen LogP contribution is 2.22. The molecular weight excluding hydrogens is 258 g/mol. The number of carbonyl (C=O) groups is 2. The molecule has 1 aromatic rings. The fraction of sp³-hybridized carbons (Fsp3) is 0.467. The molecule has 20 heavy (non-hydrogen) atoms. The number of aliphatic carboxylic acids is 1. The quantitative estimate of drug-likeness (QED) is 0.801. The Labute approximate surface area is 118 Å². The van der Waals surface area contributed by atoms with Crippen LogP contribution in [0.15, 0.2) is 18.2 Å². The molecule has 5 nitrogen and oxygen atoms in total. The Kier molecular flexibility index (Phi) is 6.03. The zero-order valence-electron chi connectivity index (χ0n) is 12.1. The molecular formula is C15H21NO4. The van der Waals surface area contributed by atoms with Crippen molar-refractivity contribution in [3.05, 3.63) is 29.3 Å². The van der Waals surface area contributed by atoms with Crippen LogP contribution in [-0.4, -0.2) is 29.6 Å². The minimum absolute atomic E-state index is 0.136. The molecule has 0 heterocycles. The molecule has 0 aromatic heterocycles. The lowest BCUT2D eigenvalue weighted by molar-refractivity contribution is -0.142. The van der Waals surface area contributed by atoms with Crippen LogP contribution in [0.1, 0.15) is 30.9 Å². The third-order valence-electron chi connectivity index (χ3n) is 3.03. The standard InChI is InChI=1S/C15H21NO4/c1-4-12(15(18)19)16-13(17)8-9-20-14-10(2)6-5-7-11(14)3/h5-7,12H,4,8-9H2,1-3H3,(H,16,17)(H,18,19). The van der Waals surface area contributed by atoms with E-state index in [1.807, 2.05) is 32.0 Å². The lowest BCUT2D eigenvalue weighted by Gasteiger charge is -2.14. The van der Waals surface area contributed by atoms with Gasteiger partial charge in [-0.1, -0.05) is 25.1 Å². The van der Waals surface area contributed by atoms with Crippen LogP contribution in [0, 0.1) is 13.8 Å². The fourth-order valence-electron chi connectivity index (χ4n) is 1.88. The number of benzene rings is 1. The molecule has 0 radical (unpaired) electrons. The summed E-state index contributed by atoms with van der Waals surface area (Å²) in [5, 5.41) is 11.3. The molecule has 110 valence electrons. The number of ether oxygens (including phenoxy) is 1. The van der Waals surface area contributed by atoms with Crippen molar-refractivity contribution in [3.63, 3.8) is 0 Å². The van der Waals surface area contributed by atoms with Gasteiger partial charge in [0.05, 0.1) is 13.0 Å². The summed E-state index contributed by atoms with van der Waals surface area (Å²) < 4.78 is 5.61. The number of nitrogens with one attached hydrogen (secondary N) is 1. The Morgan fingerprint density at radius 2 is 1.90 bits per heavy atom. The molecule has 0 spiro atoms. The van der Waals surface area contributed by atoms with Crippen LogP contribution in [0.2, 0.25) is 0 Å². The Bertz CT molecular complexity index is 465. The van der Waals surface area contributed by atoms with Crippen molar-refractivity contribution in [1.29, 1.82) is 0 Å². The molecule has 0 saturated carbocycles. The molecule has 5 heteroatoms. The topological polar surface area (TPSA) is 75.6 Å². The van der Waals surface area contributed by atoms with E-state index in [4.69, 9.17) is 9.84 Å². The Morgan fingerprint density at radius 1 is 1.30 bits per heavy atom. The first-order valence-electron chi connectivity index (χ1n) is 6.66. The van der Waals surface area contributed by atoms with E-state index in [0.717, 1.165) is 16.9 Å². The van der Waals surface area contributed by atoms with Crippen LogP contribution in [0.25, 0.3) is 0 Å². The third kappa shape index (κ3) is 4.57. The van der Waals surface area contributed by atoms with E-state index >= 15 is 0 Å². The highest BCUT2D eigenvalue weighted by molar-refractivity contribution is 5.83. The lowest BCUT2D eigenvalue weighted by atomic mass is 10.1. The molecule has 0 aliphatic rings. The number of hydrogen-bond acceptors (Lipinski definition) is 3. The predicted molar refractivity (Wildman–Crippen MR) is 75.9 cm³/mol. The molecule has 0 aliphatic heterocycles. The number of carboxylic acid groups (broad SMARTS) is 1. The van der Waals surface area contributed by atoms with Gasteiger partial charge in [0.15, 0.2) is 0 Å². The second kappa shape index (κ2) is 7.53. The van der Waals surface area contributed by atoms with Crippen molar-refractivity contribution in [2.24, 2.45) is 0 Å². The van der Waals surface area contributed by atoms with E-state index in [1.54, 1.807) is 6.92 Å². The molecule has 0 saturated heterocycles. The van der Waals surface area contributed by atoms with Crippen LogP contribution in [0.5, 0.6) is 5.75 Å².